The number of hydrogen-bond donors (Lipinski definition) is 1. The zero-order valence-corrected chi connectivity index (χ0v) is 14.3. The highest BCUT2D eigenvalue weighted by molar-refractivity contribution is 5.78. The Morgan fingerprint density at radius 1 is 1.42 bits per heavy atom. The molecule has 1 N–H and O–H groups in total. The molecule has 0 spiro atoms. The Morgan fingerprint density at radius 3 is 2.92 bits per heavy atom. The van der Waals surface area contributed by atoms with Crippen LogP contribution in [-0.2, 0) is 28.1 Å². The standard InChI is InChI=1S/C17H22N4O3/c1-11-14(12(2)24-21-11)9-15(22)19-10-13-5-7-18-16(20-13)17(3)6-4-8-23-17/h5,7H,4,6,8-10H2,1-3H3,(H,19,22)/t17-/m0/s1. The molecule has 1 aliphatic heterocycles. The Bertz CT molecular complexity index is 716. The molecule has 7 heteroatoms. The molecular formula is C17H22N4O3. The van der Waals surface area contributed by atoms with Gasteiger partial charge in [-0.1, -0.05) is 5.16 Å². The van der Waals surface area contributed by atoms with Crippen molar-refractivity contribution in [2.45, 2.75) is 52.2 Å². The first-order valence-corrected chi connectivity index (χ1v) is 8.13. The molecule has 1 saturated heterocycles. The fourth-order valence-corrected chi connectivity index (χ4v) is 2.87. The van der Waals surface area contributed by atoms with Crippen LogP contribution in [0, 0.1) is 13.8 Å². The first-order chi connectivity index (χ1) is 11.5. The molecule has 1 atom stereocenters. The summed E-state index contributed by atoms with van der Waals surface area (Å²) in [6.45, 7) is 6.74. The van der Waals surface area contributed by atoms with Crippen LogP contribution in [0.5, 0.6) is 0 Å². The summed E-state index contributed by atoms with van der Waals surface area (Å²) in [7, 11) is 0. The van der Waals surface area contributed by atoms with Crippen molar-refractivity contribution in [2.24, 2.45) is 0 Å². The SMILES string of the molecule is Cc1noc(C)c1CC(=O)NCc1ccnc([C@]2(C)CCCO2)n1. The number of aromatic nitrogens is 3. The molecule has 0 aromatic carbocycles. The third-order valence-electron chi connectivity index (χ3n) is 4.39. The Labute approximate surface area is 140 Å². The molecule has 7 nitrogen and oxygen atoms in total. The topological polar surface area (TPSA) is 90.1 Å². The van der Waals surface area contributed by atoms with Crippen LogP contribution >= 0.6 is 0 Å². The lowest BCUT2D eigenvalue weighted by Crippen LogP contribution is -2.27. The number of carbonyl (C=O) groups is 1. The molecule has 0 radical (unpaired) electrons. The minimum atomic E-state index is -0.420. The molecule has 0 bridgehead atoms. The minimum absolute atomic E-state index is 0.0899. The van der Waals surface area contributed by atoms with E-state index in [4.69, 9.17) is 9.26 Å². The van der Waals surface area contributed by atoms with E-state index in [9.17, 15) is 4.79 Å². The van der Waals surface area contributed by atoms with E-state index in [-0.39, 0.29) is 12.3 Å². The Kier molecular flexibility index (Phi) is 4.62. The van der Waals surface area contributed by atoms with Crippen molar-refractivity contribution in [1.82, 2.24) is 20.4 Å². The highest BCUT2D eigenvalue weighted by Crippen LogP contribution is 2.33. The monoisotopic (exact) mass is 330 g/mol. The average molecular weight is 330 g/mol. The molecule has 1 fully saturated rings. The molecule has 24 heavy (non-hydrogen) atoms. The third kappa shape index (κ3) is 3.46. The summed E-state index contributed by atoms with van der Waals surface area (Å²) in [5, 5.41) is 6.74. The molecule has 0 saturated carbocycles. The van der Waals surface area contributed by atoms with Crippen LogP contribution in [0.3, 0.4) is 0 Å². The van der Waals surface area contributed by atoms with E-state index in [1.54, 1.807) is 12.3 Å². The van der Waals surface area contributed by atoms with Crippen LogP contribution in [0.4, 0.5) is 0 Å². The van der Waals surface area contributed by atoms with Gasteiger partial charge < -0.3 is 14.6 Å². The third-order valence-corrected chi connectivity index (χ3v) is 4.39. The van der Waals surface area contributed by atoms with Crippen LogP contribution in [0.1, 0.15) is 48.3 Å². The van der Waals surface area contributed by atoms with Gasteiger partial charge in [-0.2, -0.15) is 0 Å². The molecular weight excluding hydrogens is 308 g/mol. The second-order valence-electron chi connectivity index (χ2n) is 6.31. The fraction of sp³-hybridized carbons (Fsp3) is 0.529. The van der Waals surface area contributed by atoms with Crippen molar-refractivity contribution >= 4 is 5.91 Å². The number of nitrogens with one attached hydrogen (secondary N) is 1. The predicted molar refractivity (Wildman–Crippen MR) is 86.1 cm³/mol. The summed E-state index contributed by atoms with van der Waals surface area (Å²) in [6, 6.07) is 1.80. The lowest BCUT2D eigenvalue weighted by atomic mass is 10.0. The van der Waals surface area contributed by atoms with E-state index in [0.717, 1.165) is 36.4 Å². The summed E-state index contributed by atoms with van der Waals surface area (Å²) in [5.74, 6) is 1.27. The summed E-state index contributed by atoms with van der Waals surface area (Å²) in [6.07, 6.45) is 3.89. The van der Waals surface area contributed by atoms with Crippen molar-refractivity contribution in [2.75, 3.05) is 6.61 Å². The van der Waals surface area contributed by atoms with Gasteiger partial charge in [-0.3, -0.25) is 4.79 Å². The van der Waals surface area contributed by atoms with Crippen LogP contribution in [0.25, 0.3) is 0 Å². The number of carbonyl (C=O) groups excluding carboxylic acids is 1. The van der Waals surface area contributed by atoms with Crippen LogP contribution in [-0.4, -0.2) is 27.6 Å². The van der Waals surface area contributed by atoms with Crippen LogP contribution < -0.4 is 5.32 Å². The van der Waals surface area contributed by atoms with Gasteiger partial charge in [0.15, 0.2) is 5.82 Å². The first kappa shape index (κ1) is 16.6. The second-order valence-corrected chi connectivity index (χ2v) is 6.31. The highest BCUT2D eigenvalue weighted by Gasteiger charge is 2.34. The number of amides is 1. The van der Waals surface area contributed by atoms with E-state index in [1.165, 1.54) is 0 Å². The maximum absolute atomic E-state index is 12.1. The maximum Gasteiger partial charge on any atom is 0.224 e. The molecule has 3 heterocycles. The van der Waals surface area contributed by atoms with Crippen molar-refractivity contribution in [1.29, 1.82) is 0 Å². The van der Waals surface area contributed by atoms with Gasteiger partial charge >= 0.3 is 0 Å². The van der Waals surface area contributed by atoms with Crippen LogP contribution in [0.15, 0.2) is 16.8 Å². The lowest BCUT2D eigenvalue weighted by molar-refractivity contribution is -0.120. The van der Waals surface area contributed by atoms with Crippen molar-refractivity contribution < 1.29 is 14.1 Å². The van der Waals surface area contributed by atoms with Gasteiger partial charge in [0.25, 0.3) is 0 Å². The van der Waals surface area contributed by atoms with E-state index >= 15 is 0 Å². The second kappa shape index (κ2) is 6.68. The average Bonchev–Trinajstić information content (AvgIpc) is 3.15. The number of aryl methyl sites for hydroxylation is 2. The van der Waals surface area contributed by atoms with Crippen molar-refractivity contribution in [3.63, 3.8) is 0 Å². The molecule has 0 unspecified atom stereocenters. The summed E-state index contributed by atoms with van der Waals surface area (Å²) < 4.78 is 10.9. The van der Waals surface area contributed by atoms with Crippen molar-refractivity contribution in [3.8, 4) is 0 Å². The zero-order chi connectivity index (χ0) is 17.2. The molecule has 1 aliphatic rings. The molecule has 2 aromatic heterocycles. The molecule has 2 aromatic rings. The summed E-state index contributed by atoms with van der Waals surface area (Å²) >= 11 is 0. The number of ether oxygens (including phenoxy) is 1. The van der Waals surface area contributed by atoms with Gasteiger partial charge in [0, 0.05) is 18.4 Å². The van der Waals surface area contributed by atoms with Gasteiger partial charge in [0.1, 0.15) is 11.4 Å². The molecule has 128 valence electrons. The molecule has 0 aliphatic carbocycles. The minimum Gasteiger partial charge on any atom is -0.367 e. The maximum atomic E-state index is 12.1. The Morgan fingerprint density at radius 2 is 2.25 bits per heavy atom. The van der Waals surface area contributed by atoms with E-state index in [0.29, 0.717) is 18.1 Å². The highest BCUT2D eigenvalue weighted by atomic mass is 16.5. The number of nitrogens with zero attached hydrogens (tertiary/aromatic N) is 3. The quantitative estimate of drug-likeness (QED) is 0.901. The van der Waals surface area contributed by atoms with E-state index < -0.39 is 5.60 Å². The molecule has 3 rings (SSSR count). The smallest absolute Gasteiger partial charge is 0.224 e. The van der Waals surface area contributed by atoms with Gasteiger partial charge in [-0.25, -0.2) is 9.97 Å². The van der Waals surface area contributed by atoms with Crippen molar-refractivity contribution in [3.05, 3.63) is 40.8 Å². The predicted octanol–water partition coefficient (Wildman–Crippen LogP) is 1.97. The van der Waals surface area contributed by atoms with Gasteiger partial charge in [-0.15, -0.1) is 0 Å². The Hall–Kier alpha value is -2.28. The van der Waals surface area contributed by atoms with Gasteiger partial charge in [0.05, 0.1) is 24.4 Å². The van der Waals surface area contributed by atoms with Gasteiger partial charge in [0.2, 0.25) is 5.91 Å². The van der Waals surface area contributed by atoms with E-state index in [2.05, 4.69) is 20.4 Å². The summed E-state index contributed by atoms with van der Waals surface area (Å²) in [5.41, 5.74) is 1.93. The Balaban J connectivity index is 1.61. The first-order valence-electron chi connectivity index (χ1n) is 8.13. The van der Waals surface area contributed by atoms with Gasteiger partial charge in [-0.05, 0) is 39.7 Å². The van der Waals surface area contributed by atoms with E-state index in [1.807, 2.05) is 20.8 Å². The summed E-state index contributed by atoms with van der Waals surface area (Å²) in [4.78, 5) is 21.0. The number of rotatable bonds is 5. The number of hydrogen-bond acceptors (Lipinski definition) is 6. The normalized spacial score (nSPS) is 20.3. The largest absolute Gasteiger partial charge is 0.367 e. The fourth-order valence-electron chi connectivity index (χ4n) is 2.87. The zero-order valence-electron chi connectivity index (χ0n) is 14.3. The lowest BCUT2D eigenvalue weighted by Gasteiger charge is -2.21. The molecule has 1 amide bonds. The van der Waals surface area contributed by atoms with Crippen LogP contribution in [0.2, 0.25) is 0 Å².